The van der Waals surface area contributed by atoms with Crippen LogP contribution < -0.4 is 11.1 Å². The van der Waals surface area contributed by atoms with Gasteiger partial charge >= 0.3 is 0 Å². The molecule has 1 aromatic carbocycles. The number of nitrogens with zero attached hydrogens (tertiary/aromatic N) is 1. The zero-order valence-corrected chi connectivity index (χ0v) is 9.23. The lowest BCUT2D eigenvalue weighted by Gasteiger charge is -2.33. The lowest BCUT2D eigenvalue weighted by Crippen LogP contribution is -2.49. The van der Waals surface area contributed by atoms with E-state index in [1.165, 1.54) is 5.56 Å². The first-order chi connectivity index (χ1) is 7.81. The second kappa shape index (κ2) is 5.09. The van der Waals surface area contributed by atoms with Gasteiger partial charge in [-0.15, -0.1) is 0 Å². The van der Waals surface area contributed by atoms with E-state index in [2.05, 4.69) is 17.4 Å². The van der Waals surface area contributed by atoms with Crippen LogP contribution in [0.2, 0.25) is 0 Å². The van der Waals surface area contributed by atoms with Crippen molar-refractivity contribution in [3.63, 3.8) is 0 Å². The van der Waals surface area contributed by atoms with Crippen LogP contribution in [0, 0.1) is 0 Å². The van der Waals surface area contributed by atoms with Gasteiger partial charge < -0.3 is 16.0 Å². The molecule has 1 saturated heterocycles. The summed E-state index contributed by atoms with van der Waals surface area (Å²) in [6, 6.07) is 10.4. The van der Waals surface area contributed by atoms with Gasteiger partial charge in [-0.3, -0.25) is 4.79 Å². The molecule has 1 amide bonds. The van der Waals surface area contributed by atoms with Crippen molar-refractivity contribution in [2.75, 3.05) is 26.2 Å². The van der Waals surface area contributed by atoms with Gasteiger partial charge in [-0.05, 0) is 5.56 Å². The van der Waals surface area contributed by atoms with Gasteiger partial charge in [0.15, 0.2) is 0 Å². The largest absolute Gasteiger partial charge is 0.338 e. The van der Waals surface area contributed by atoms with Gasteiger partial charge in [-0.1, -0.05) is 30.3 Å². The SMILES string of the molecule is NCC(=O)N1CCNC(c2ccccc2)C1. The van der Waals surface area contributed by atoms with Crippen molar-refractivity contribution in [3.05, 3.63) is 35.9 Å². The molecule has 1 aromatic rings. The number of nitrogens with one attached hydrogen (secondary N) is 1. The number of carbonyl (C=O) groups is 1. The molecule has 1 heterocycles. The Labute approximate surface area is 95.4 Å². The van der Waals surface area contributed by atoms with Crippen LogP contribution in [0.1, 0.15) is 11.6 Å². The first-order valence-corrected chi connectivity index (χ1v) is 5.57. The molecule has 0 spiro atoms. The van der Waals surface area contributed by atoms with E-state index in [0.717, 1.165) is 13.1 Å². The normalized spacial score (nSPS) is 20.8. The molecule has 86 valence electrons. The first kappa shape index (κ1) is 11.1. The molecule has 16 heavy (non-hydrogen) atoms. The lowest BCUT2D eigenvalue weighted by atomic mass is 10.0. The van der Waals surface area contributed by atoms with Crippen molar-refractivity contribution in [2.24, 2.45) is 5.73 Å². The highest BCUT2D eigenvalue weighted by Gasteiger charge is 2.22. The average Bonchev–Trinajstić information content (AvgIpc) is 2.39. The van der Waals surface area contributed by atoms with Gasteiger partial charge in [0.1, 0.15) is 0 Å². The number of nitrogens with two attached hydrogens (primary N) is 1. The Morgan fingerprint density at radius 1 is 1.44 bits per heavy atom. The van der Waals surface area contributed by atoms with Crippen LogP contribution in [0.4, 0.5) is 0 Å². The smallest absolute Gasteiger partial charge is 0.236 e. The third-order valence-electron chi connectivity index (χ3n) is 2.90. The molecule has 0 saturated carbocycles. The van der Waals surface area contributed by atoms with Crippen molar-refractivity contribution < 1.29 is 4.79 Å². The number of carbonyl (C=O) groups excluding carboxylic acids is 1. The third-order valence-corrected chi connectivity index (χ3v) is 2.90. The summed E-state index contributed by atoms with van der Waals surface area (Å²) in [5.41, 5.74) is 6.59. The fourth-order valence-corrected chi connectivity index (χ4v) is 2.01. The second-order valence-corrected chi connectivity index (χ2v) is 3.96. The minimum Gasteiger partial charge on any atom is -0.338 e. The summed E-state index contributed by atoms with van der Waals surface area (Å²) in [5, 5.41) is 3.41. The van der Waals surface area contributed by atoms with Crippen molar-refractivity contribution >= 4 is 5.91 Å². The molecule has 1 aliphatic heterocycles. The maximum Gasteiger partial charge on any atom is 0.236 e. The fraction of sp³-hybridized carbons (Fsp3) is 0.417. The van der Waals surface area contributed by atoms with E-state index >= 15 is 0 Å². The van der Waals surface area contributed by atoms with Crippen molar-refractivity contribution in [1.82, 2.24) is 10.2 Å². The third kappa shape index (κ3) is 2.40. The molecule has 0 radical (unpaired) electrons. The molecule has 1 atom stereocenters. The van der Waals surface area contributed by atoms with Crippen molar-refractivity contribution in [1.29, 1.82) is 0 Å². The maximum atomic E-state index is 11.5. The molecular formula is C12H17N3O. The lowest BCUT2D eigenvalue weighted by molar-refractivity contribution is -0.130. The van der Waals surface area contributed by atoms with Crippen molar-refractivity contribution in [3.8, 4) is 0 Å². The summed E-state index contributed by atoms with van der Waals surface area (Å²) in [6.45, 7) is 2.38. The van der Waals surface area contributed by atoms with Crippen LogP contribution in [0.3, 0.4) is 0 Å². The Balaban J connectivity index is 2.05. The molecule has 0 aliphatic carbocycles. The summed E-state index contributed by atoms with van der Waals surface area (Å²) in [4.78, 5) is 13.3. The predicted molar refractivity (Wildman–Crippen MR) is 62.8 cm³/mol. The van der Waals surface area contributed by atoms with Crippen LogP contribution in [-0.2, 0) is 4.79 Å². The van der Waals surface area contributed by atoms with Crippen LogP contribution in [0.5, 0.6) is 0 Å². The number of amides is 1. The highest BCUT2D eigenvalue weighted by Crippen LogP contribution is 2.16. The molecule has 0 aromatic heterocycles. The van der Waals surface area contributed by atoms with Crippen molar-refractivity contribution in [2.45, 2.75) is 6.04 Å². The van der Waals surface area contributed by atoms with E-state index in [0.29, 0.717) is 6.54 Å². The van der Waals surface area contributed by atoms with Crippen LogP contribution in [0.15, 0.2) is 30.3 Å². The van der Waals surface area contributed by atoms with E-state index in [4.69, 9.17) is 5.73 Å². The molecule has 1 aliphatic rings. The Hall–Kier alpha value is -1.39. The minimum atomic E-state index is 0.0300. The highest BCUT2D eigenvalue weighted by atomic mass is 16.2. The van der Waals surface area contributed by atoms with E-state index in [1.807, 2.05) is 23.1 Å². The number of rotatable bonds is 2. The summed E-state index contributed by atoms with van der Waals surface area (Å²) < 4.78 is 0. The number of piperazine rings is 1. The Kier molecular flexibility index (Phi) is 3.54. The Morgan fingerprint density at radius 3 is 2.88 bits per heavy atom. The van der Waals surface area contributed by atoms with E-state index in [1.54, 1.807) is 0 Å². The molecule has 4 heteroatoms. The number of hydrogen-bond acceptors (Lipinski definition) is 3. The van der Waals surface area contributed by atoms with Crippen LogP contribution in [-0.4, -0.2) is 37.0 Å². The maximum absolute atomic E-state index is 11.5. The highest BCUT2D eigenvalue weighted by molar-refractivity contribution is 5.78. The van der Waals surface area contributed by atoms with Gasteiger partial charge in [-0.25, -0.2) is 0 Å². The summed E-state index contributed by atoms with van der Waals surface area (Å²) in [5.74, 6) is 0.0300. The van der Waals surface area contributed by atoms with Crippen LogP contribution >= 0.6 is 0 Å². The monoisotopic (exact) mass is 219 g/mol. The fourth-order valence-electron chi connectivity index (χ4n) is 2.01. The Bertz CT molecular complexity index is 353. The van der Waals surface area contributed by atoms with Gasteiger partial charge in [0.2, 0.25) is 5.91 Å². The minimum absolute atomic E-state index is 0.0300. The second-order valence-electron chi connectivity index (χ2n) is 3.96. The number of hydrogen-bond donors (Lipinski definition) is 2. The summed E-state index contributed by atoms with van der Waals surface area (Å²) in [7, 11) is 0. The molecule has 3 N–H and O–H groups in total. The van der Waals surface area contributed by atoms with E-state index < -0.39 is 0 Å². The molecule has 4 nitrogen and oxygen atoms in total. The zero-order valence-electron chi connectivity index (χ0n) is 9.23. The first-order valence-electron chi connectivity index (χ1n) is 5.57. The quantitative estimate of drug-likeness (QED) is 0.742. The number of benzene rings is 1. The molecule has 0 bridgehead atoms. The summed E-state index contributed by atoms with van der Waals surface area (Å²) in [6.07, 6.45) is 0. The standard InChI is InChI=1S/C12H17N3O/c13-8-12(16)15-7-6-14-11(9-15)10-4-2-1-3-5-10/h1-5,11,14H,6-9,13H2. The molecule has 2 rings (SSSR count). The molecule has 1 fully saturated rings. The topological polar surface area (TPSA) is 58.4 Å². The molecule has 1 unspecified atom stereocenters. The summed E-state index contributed by atoms with van der Waals surface area (Å²) >= 11 is 0. The van der Waals surface area contributed by atoms with E-state index in [9.17, 15) is 4.79 Å². The van der Waals surface area contributed by atoms with Crippen LogP contribution in [0.25, 0.3) is 0 Å². The predicted octanol–water partition coefficient (Wildman–Crippen LogP) is 0.118. The average molecular weight is 219 g/mol. The molecular weight excluding hydrogens is 202 g/mol. The van der Waals surface area contributed by atoms with Gasteiger partial charge in [-0.2, -0.15) is 0 Å². The Morgan fingerprint density at radius 2 is 2.19 bits per heavy atom. The zero-order chi connectivity index (χ0) is 11.4. The van der Waals surface area contributed by atoms with Gasteiger partial charge in [0.05, 0.1) is 6.54 Å². The van der Waals surface area contributed by atoms with Gasteiger partial charge in [0.25, 0.3) is 0 Å². The van der Waals surface area contributed by atoms with Gasteiger partial charge in [0, 0.05) is 25.7 Å². The van der Waals surface area contributed by atoms with E-state index in [-0.39, 0.29) is 18.5 Å².